The molecule has 0 aliphatic rings. The average molecular weight is 198 g/mol. The number of nitrogens with one attached hydrogen (secondary N) is 1. The third kappa shape index (κ3) is 8.03. The predicted molar refractivity (Wildman–Crippen MR) is 57.8 cm³/mol. The van der Waals surface area contributed by atoms with Crippen LogP contribution in [0.2, 0.25) is 0 Å². The molecule has 0 atom stereocenters. The summed E-state index contributed by atoms with van der Waals surface area (Å²) in [5, 5.41) is 20.6. The van der Waals surface area contributed by atoms with E-state index in [2.05, 4.69) is 11.4 Å². The maximum atomic E-state index is 8.77. The van der Waals surface area contributed by atoms with Crippen LogP contribution in [0.15, 0.2) is 0 Å². The van der Waals surface area contributed by atoms with Crippen molar-refractivity contribution >= 4 is 0 Å². The van der Waals surface area contributed by atoms with Crippen LogP contribution in [0.1, 0.15) is 39.5 Å². The number of hydrogen-bond donors (Lipinski definition) is 2. The summed E-state index contributed by atoms with van der Waals surface area (Å²) in [4.78, 5) is 0. The molecule has 0 aromatic rings. The van der Waals surface area contributed by atoms with E-state index in [4.69, 9.17) is 10.4 Å². The summed E-state index contributed by atoms with van der Waals surface area (Å²) in [5.74, 6) is 0. The third-order valence-electron chi connectivity index (χ3n) is 2.22. The topological polar surface area (TPSA) is 56.0 Å². The Morgan fingerprint density at radius 1 is 1.21 bits per heavy atom. The minimum atomic E-state index is -0.175. The molecule has 0 rings (SSSR count). The molecule has 0 heterocycles. The fraction of sp³-hybridized carbons (Fsp3) is 0.909. The van der Waals surface area contributed by atoms with Gasteiger partial charge in [-0.3, -0.25) is 0 Å². The summed E-state index contributed by atoms with van der Waals surface area (Å²) >= 11 is 0. The smallest absolute Gasteiger partial charge is 0.0683 e. The van der Waals surface area contributed by atoms with E-state index >= 15 is 0 Å². The Bertz CT molecular complexity index is 173. The normalized spacial score (nSPS) is 11.3. The van der Waals surface area contributed by atoms with Gasteiger partial charge in [0.05, 0.1) is 11.5 Å². The van der Waals surface area contributed by atoms with Gasteiger partial charge in [-0.05, 0) is 46.2 Å². The highest BCUT2D eigenvalue weighted by molar-refractivity contribution is 4.91. The maximum Gasteiger partial charge on any atom is 0.0683 e. The summed E-state index contributed by atoms with van der Waals surface area (Å²) in [6.45, 7) is 6.09. The van der Waals surface area contributed by atoms with Gasteiger partial charge in [0.15, 0.2) is 0 Å². The van der Waals surface area contributed by atoms with E-state index in [1.807, 2.05) is 13.8 Å². The Morgan fingerprint density at radius 2 is 1.86 bits per heavy atom. The molecule has 0 aromatic carbocycles. The first kappa shape index (κ1) is 13.4. The molecule has 0 spiro atoms. The number of unbranched alkanes of at least 4 members (excludes halogenated alkanes) is 1. The van der Waals surface area contributed by atoms with Crippen LogP contribution >= 0.6 is 0 Å². The van der Waals surface area contributed by atoms with Gasteiger partial charge < -0.3 is 10.4 Å². The van der Waals surface area contributed by atoms with Crippen LogP contribution in [0, 0.1) is 16.7 Å². The maximum absolute atomic E-state index is 8.77. The minimum Gasteiger partial charge on any atom is -0.396 e. The van der Waals surface area contributed by atoms with Crippen LogP contribution in [0.5, 0.6) is 0 Å². The number of hydrogen-bond acceptors (Lipinski definition) is 3. The lowest BCUT2D eigenvalue weighted by Gasteiger charge is -2.14. The average Bonchev–Trinajstić information content (AvgIpc) is 2.16. The second-order valence-electron chi connectivity index (χ2n) is 4.28. The van der Waals surface area contributed by atoms with Crippen LogP contribution in [0.3, 0.4) is 0 Å². The largest absolute Gasteiger partial charge is 0.396 e. The van der Waals surface area contributed by atoms with Crippen molar-refractivity contribution in [2.45, 2.75) is 39.5 Å². The van der Waals surface area contributed by atoms with E-state index < -0.39 is 0 Å². The summed E-state index contributed by atoms with van der Waals surface area (Å²) < 4.78 is 0. The first-order valence-electron chi connectivity index (χ1n) is 5.35. The first-order valence-corrected chi connectivity index (χ1v) is 5.35. The Hall–Kier alpha value is -0.590. The lowest BCUT2D eigenvalue weighted by Crippen LogP contribution is -2.18. The van der Waals surface area contributed by atoms with Crippen LogP contribution in [0.25, 0.3) is 0 Å². The molecule has 0 aromatic heterocycles. The first-order chi connectivity index (χ1) is 6.62. The molecule has 82 valence electrons. The molecule has 0 fully saturated rings. The van der Waals surface area contributed by atoms with Crippen LogP contribution in [-0.4, -0.2) is 24.8 Å². The standard InChI is InChI=1S/C11H22N2O/c1-11(2,10-12)6-3-4-7-13-8-5-9-14/h13-14H,3-9H2,1-2H3. The lowest BCUT2D eigenvalue weighted by atomic mass is 9.89. The Balaban J connectivity index is 3.18. The molecule has 3 nitrogen and oxygen atoms in total. The van der Waals surface area contributed by atoms with Gasteiger partial charge in [-0.15, -0.1) is 0 Å². The summed E-state index contributed by atoms with van der Waals surface area (Å²) in [6, 6.07) is 2.30. The van der Waals surface area contributed by atoms with Crippen molar-refractivity contribution in [2.75, 3.05) is 19.7 Å². The van der Waals surface area contributed by atoms with Crippen molar-refractivity contribution in [1.82, 2.24) is 5.32 Å². The zero-order valence-corrected chi connectivity index (χ0v) is 9.34. The Kier molecular flexibility index (Phi) is 7.45. The second-order valence-corrected chi connectivity index (χ2v) is 4.28. The van der Waals surface area contributed by atoms with Gasteiger partial charge in [0.1, 0.15) is 0 Å². The van der Waals surface area contributed by atoms with Gasteiger partial charge in [0.2, 0.25) is 0 Å². The summed E-state index contributed by atoms with van der Waals surface area (Å²) in [5.41, 5.74) is -0.175. The zero-order chi connectivity index (χ0) is 10.9. The number of nitrogens with zero attached hydrogens (tertiary/aromatic N) is 1. The van der Waals surface area contributed by atoms with E-state index in [9.17, 15) is 0 Å². The Morgan fingerprint density at radius 3 is 2.43 bits per heavy atom. The fourth-order valence-electron chi connectivity index (χ4n) is 1.20. The molecule has 14 heavy (non-hydrogen) atoms. The highest BCUT2D eigenvalue weighted by Crippen LogP contribution is 2.21. The van der Waals surface area contributed by atoms with Crippen molar-refractivity contribution < 1.29 is 5.11 Å². The summed E-state index contributed by atoms with van der Waals surface area (Å²) in [7, 11) is 0. The van der Waals surface area contributed by atoms with Crippen molar-refractivity contribution in [3.05, 3.63) is 0 Å². The number of aliphatic hydroxyl groups excluding tert-OH is 1. The Labute approximate surface area is 87.1 Å². The van der Waals surface area contributed by atoms with Crippen molar-refractivity contribution in [3.8, 4) is 6.07 Å². The van der Waals surface area contributed by atoms with Crippen molar-refractivity contribution in [3.63, 3.8) is 0 Å². The fourth-order valence-corrected chi connectivity index (χ4v) is 1.20. The third-order valence-corrected chi connectivity index (χ3v) is 2.22. The van der Waals surface area contributed by atoms with Gasteiger partial charge in [-0.2, -0.15) is 5.26 Å². The van der Waals surface area contributed by atoms with Gasteiger partial charge in [0.25, 0.3) is 0 Å². The molecule has 3 heteroatoms. The molecular weight excluding hydrogens is 176 g/mol. The van der Waals surface area contributed by atoms with E-state index in [-0.39, 0.29) is 12.0 Å². The summed E-state index contributed by atoms with van der Waals surface area (Å²) in [6.07, 6.45) is 3.98. The monoisotopic (exact) mass is 198 g/mol. The SMILES string of the molecule is CC(C)(C#N)CCCCNCCCO. The van der Waals surface area contributed by atoms with Gasteiger partial charge in [-0.1, -0.05) is 6.42 Å². The zero-order valence-electron chi connectivity index (χ0n) is 9.34. The van der Waals surface area contributed by atoms with Gasteiger partial charge in [0, 0.05) is 6.61 Å². The van der Waals surface area contributed by atoms with E-state index in [1.54, 1.807) is 0 Å². The van der Waals surface area contributed by atoms with E-state index in [0.717, 1.165) is 38.8 Å². The lowest BCUT2D eigenvalue weighted by molar-refractivity contribution is 0.286. The van der Waals surface area contributed by atoms with Crippen molar-refractivity contribution in [2.24, 2.45) is 5.41 Å². The number of aliphatic hydroxyl groups is 1. The highest BCUT2D eigenvalue weighted by Gasteiger charge is 2.14. The molecule has 0 unspecified atom stereocenters. The van der Waals surface area contributed by atoms with Crippen molar-refractivity contribution in [1.29, 1.82) is 5.26 Å². The van der Waals surface area contributed by atoms with Crippen LogP contribution < -0.4 is 5.32 Å². The molecule has 2 N–H and O–H groups in total. The molecule has 0 aliphatic heterocycles. The number of nitriles is 1. The quantitative estimate of drug-likeness (QED) is 0.583. The van der Waals surface area contributed by atoms with E-state index in [1.165, 1.54) is 0 Å². The predicted octanol–water partition coefficient (Wildman–Crippen LogP) is 1.68. The molecule has 0 bridgehead atoms. The molecular formula is C11H22N2O. The molecule has 0 radical (unpaired) electrons. The highest BCUT2D eigenvalue weighted by atomic mass is 16.3. The molecule has 0 amide bonds. The second kappa shape index (κ2) is 7.78. The van der Waals surface area contributed by atoms with Crippen LogP contribution in [-0.2, 0) is 0 Å². The molecule has 0 aliphatic carbocycles. The van der Waals surface area contributed by atoms with Crippen LogP contribution in [0.4, 0.5) is 0 Å². The number of rotatable bonds is 8. The molecule has 0 saturated heterocycles. The molecule has 0 saturated carbocycles. The minimum absolute atomic E-state index is 0.175. The van der Waals surface area contributed by atoms with Gasteiger partial charge in [-0.25, -0.2) is 0 Å². The van der Waals surface area contributed by atoms with E-state index in [0.29, 0.717) is 0 Å². The van der Waals surface area contributed by atoms with Gasteiger partial charge >= 0.3 is 0 Å².